The van der Waals surface area contributed by atoms with Crippen molar-refractivity contribution in [1.82, 2.24) is 0 Å². The van der Waals surface area contributed by atoms with Gasteiger partial charge in [-0.1, -0.05) is 162 Å². The third kappa shape index (κ3) is 9.26. The molecule has 63 heavy (non-hydrogen) atoms. The van der Waals surface area contributed by atoms with Gasteiger partial charge in [0.1, 0.15) is 0 Å². The standard InChI is InChI=1S/C59H58NP.C2H6/c1-8-39(3)48-23-15-17-26-54(48)56-38-47(33-30-42(56)6)60(46-34-31-45(32-35-46)53-29-19-28-52(59(53)61)44-21-11-10-12-22-44)57-37-36-51(50-25-14-13-20-41(50)5)43(7)58(57)55-27-18-16-24-49(55)40(4)9-2;1-2/h11,13-31,33-34,36-40H,8-9,32,35,61H2,1-7H3;1-2H3. The summed E-state index contributed by atoms with van der Waals surface area (Å²) in [7, 11) is 3.05. The lowest BCUT2D eigenvalue weighted by molar-refractivity contribution is 0.735. The maximum atomic E-state index is 3.15. The Bertz CT molecular complexity index is 2830. The molecule has 2 aliphatic rings. The highest BCUT2D eigenvalue weighted by Crippen LogP contribution is 2.48. The minimum atomic E-state index is 0.408. The van der Waals surface area contributed by atoms with Gasteiger partial charge in [-0.05, 0) is 184 Å². The maximum absolute atomic E-state index is 3.15. The third-order valence-electron chi connectivity index (χ3n) is 13.2. The minimum absolute atomic E-state index is 0.408. The molecule has 0 radical (unpaired) electrons. The Morgan fingerprint density at radius 1 is 0.571 bits per heavy atom. The first kappa shape index (κ1) is 45.1. The molecule has 0 spiro atoms. The van der Waals surface area contributed by atoms with Crippen molar-refractivity contribution in [2.45, 2.75) is 99.8 Å². The average Bonchev–Trinajstić information content (AvgIpc) is 3.33. The van der Waals surface area contributed by atoms with Gasteiger partial charge in [-0.15, -0.1) is 9.24 Å². The summed E-state index contributed by atoms with van der Waals surface area (Å²) in [5.41, 5.74) is 29.3. The lowest BCUT2D eigenvalue weighted by atomic mass is 9.84. The smallest absolute Gasteiger partial charge is 0.0540 e. The van der Waals surface area contributed by atoms with Gasteiger partial charge in [0.05, 0.1) is 5.69 Å². The van der Waals surface area contributed by atoms with Crippen LogP contribution in [-0.4, -0.2) is 0 Å². The van der Waals surface area contributed by atoms with Gasteiger partial charge in [0.25, 0.3) is 0 Å². The molecular formula is C61H64NP. The Morgan fingerprint density at radius 2 is 1.19 bits per heavy atom. The number of hydrogen-bond donors (Lipinski definition) is 0. The second-order valence-electron chi connectivity index (χ2n) is 16.9. The summed E-state index contributed by atoms with van der Waals surface area (Å²) in [6.07, 6.45) is 14.8. The van der Waals surface area contributed by atoms with Crippen LogP contribution in [0.5, 0.6) is 0 Å². The topological polar surface area (TPSA) is 3.24 Å². The number of anilines is 2. The summed E-state index contributed by atoms with van der Waals surface area (Å²) in [4.78, 5) is 2.59. The van der Waals surface area contributed by atoms with Crippen molar-refractivity contribution >= 4 is 37.1 Å². The molecule has 6 aromatic carbocycles. The van der Waals surface area contributed by atoms with E-state index < -0.39 is 0 Å². The van der Waals surface area contributed by atoms with Crippen molar-refractivity contribution in [2.75, 3.05) is 4.90 Å². The van der Waals surface area contributed by atoms with Crippen LogP contribution >= 0.6 is 9.24 Å². The lowest BCUT2D eigenvalue weighted by Crippen LogP contribution is -2.20. The Labute approximate surface area is 381 Å². The Kier molecular flexibility index (Phi) is 14.7. The van der Waals surface area contributed by atoms with Gasteiger partial charge in [-0.25, -0.2) is 0 Å². The van der Waals surface area contributed by atoms with Gasteiger partial charge in [0.2, 0.25) is 0 Å². The van der Waals surface area contributed by atoms with Crippen LogP contribution in [0.2, 0.25) is 0 Å². The van der Waals surface area contributed by atoms with E-state index in [1.165, 1.54) is 100 Å². The number of aryl methyl sites for hydroxylation is 2. The van der Waals surface area contributed by atoms with E-state index in [9.17, 15) is 0 Å². The van der Waals surface area contributed by atoms with Gasteiger partial charge >= 0.3 is 0 Å². The van der Waals surface area contributed by atoms with Crippen LogP contribution in [0.15, 0.2) is 169 Å². The monoisotopic (exact) mass is 841 g/mol. The molecule has 0 saturated carbocycles. The highest BCUT2D eigenvalue weighted by atomic mass is 31.0. The van der Waals surface area contributed by atoms with E-state index in [0.29, 0.717) is 11.8 Å². The normalized spacial score (nSPS) is 14.0. The largest absolute Gasteiger partial charge is 0.314 e. The van der Waals surface area contributed by atoms with E-state index >= 15 is 0 Å². The van der Waals surface area contributed by atoms with Gasteiger partial charge in [-0.2, -0.15) is 0 Å². The summed E-state index contributed by atoms with van der Waals surface area (Å²) in [5.74, 6) is 0.865. The van der Waals surface area contributed by atoms with Gasteiger partial charge < -0.3 is 4.90 Å². The zero-order valence-corrected chi connectivity index (χ0v) is 40.1. The number of benzene rings is 6. The molecule has 318 valence electrons. The van der Waals surface area contributed by atoms with Crippen LogP contribution in [0.3, 0.4) is 0 Å². The molecule has 0 amide bonds. The Hall–Kier alpha value is -5.93. The highest BCUT2D eigenvalue weighted by Gasteiger charge is 2.27. The second-order valence-corrected chi connectivity index (χ2v) is 17.5. The fourth-order valence-electron chi connectivity index (χ4n) is 9.30. The summed E-state index contributed by atoms with van der Waals surface area (Å²) in [6, 6.07) is 45.6. The summed E-state index contributed by atoms with van der Waals surface area (Å²) >= 11 is 0. The van der Waals surface area contributed by atoms with E-state index in [-0.39, 0.29) is 0 Å². The molecule has 3 atom stereocenters. The molecule has 8 rings (SSSR count). The van der Waals surface area contributed by atoms with E-state index in [1.54, 1.807) is 0 Å². The number of nitrogens with zero attached hydrogens (tertiary/aromatic N) is 1. The molecule has 0 bridgehead atoms. The van der Waals surface area contributed by atoms with E-state index in [1.807, 2.05) is 26.0 Å². The third-order valence-corrected chi connectivity index (χ3v) is 13.8. The molecule has 0 aromatic heterocycles. The predicted octanol–water partition coefficient (Wildman–Crippen LogP) is 17.3. The van der Waals surface area contributed by atoms with Gasteiger partial charge in [0.15, 0.2) is 0 Å². The quantitative estimate of drug-likeness (QED) is 0.0876. The van der Waals surface area contributed by atoms with Crippen molar-refractivity contribution in [3.05, 3.63) is 208 Å². The number of allylic oxidation sites excluding steroid dienone is 8. The number of hydrogen-bond acceptors (Lipinski definition) is 1. The van der Waals surface area contributed by atoms with Crippen LogP contribution in [0.25, 0.3) is 44.5 Å². The van der Waals surface area contributed by atoms with Crippen LogP contribution in [0.1, 0.15) is 118 Å². The molecule has 2 aliphatic carbocycles. The summed E-state index contributed by atoms with van der Waals surface area (Å²) in [5, 5.41) is 1.22. The van der Waals surface area contributed by atoms with Crippen molar-refractivity contribution in [3.63, 3.8) is 0 Å². The lowest BCUT2D eigenvalue weighted by Gasteiger charge is -2.34. The van der Waals surface area contributed by atoms with Crippen molar-refractivity contribution in [3.8, 4) is 33.4 Å². The zero-order chi connectivity index (χ0) is 44.6. The van der Waals surface area contributed by atoms with Gasteiger partial charge in [0, 0.05) is 16.9 Å². The van der Waals surface area contributed by atoms with Crippen molar-refractivity contribution in [2.24, 2.45) is 0 Å². The first-order valence-electron chi connectivity index (χ1n) is 23.2. The first-order chi connectivity index (χ1) is 30.7. The van der Waals surface area contributed by atoms with Crippen molar-refractivity contribution in [1.29, 1.82) is 0 Å². The fourth-order valence-corrected chi connectivity index (χ4v) is 9.85. The molecule has 0 saturated heterocycles. The molecule has 1 nitrogen and oxygen atoms in total. The van der Waals surface area contributed by atoms with Crippen LogP contribution in [-0.2, 0) is 0 Å². The minimum Gasteiger partial charge on any atom is -0.314 e. The average molecular weight is 842 g/mol. The zero-order valence-electron chi connectivity index (χ0n) is 38.9. The first-order valence-corrected chi connectivity index (χ1v) is 23.7. The Balaban J connectivity index is 0.00000293. The molecule has 0 N–H and O–H groups in total. The molecule has 0 aliphatic heterocycles. The predicted molar refractivity (Wildman–Crippen MR) is 280 cm³/mol. The highest BCUT2D eigenvalue weighted by molar-refractivity contribution is 7.28. The maximum Gasteiger partial charge on any atom is 0.0540 e. The second kappa shape index (κ2) is 20.5. The SMILES string of the molecule is CC.CCC(C)c1ccccc1-c1cc(N(C2=CC=C(c3cccc(C4=CC=C=C=C4)c3P)CC2)c2ccc(-c3ccccc3C)c(C)c2-c2ccccc2C(C)CC)ccc1C. The molecular weight excluding hydrogens is 778 g/mol. The van der Waals surface area contributed by atoms with E-state index in [0.717, 1.165) is 31.3 Å². The molecule has 6 aromatic rings. The van der Waals surface area contributed by atoms with Gasteiger partial charge in [-0.3, -0.25) is 0 Å². The van der Waals surface area contributed by atoms with Crippen LogP contribution < -0.4 is 10.2 Å². The number of rotatable bonds is 12. The Morgan fingerprint density at radius 3 is 1.84 bits per heavy atom. The fraction of sp³-hybridized carbons (Fsp3) is 0.246. The van der Waals surface area contributed by atoms with Crippen molar-refractivity contribution < 1.29 is 0 Å². The summed E-state index contributed by atoms with van der Waals surface area (Å²) in [6.45, 7) is 20.2. The van der Waals surface area contributed by atoms with E-state index in [4.69, 9.17) is 0 Å². The van der Waals surface area contributed by atoms with Crippen LogP contribution in [0, 0.1) is 20.8 Å². The van der Waals surface area contributed by atoms with E-state index in [2.05, 4.69) is 214 Å². The molecule has 3 unspecified atom stereocenters. The summed E-state index contributed by atoms with van der Waals surface area (Å²) < 4.78 is 0. The molecule has 0 heterocycles. The van der Waals surface area contributed by atoms with Crippen LogP contribution in [0.4, 0.5) is 11.4 Å². The molecule has 0 fully saturated rings. The molecule has 2 heteroatoms.